The predicted octanol–water partition coefficient (Wildman–Crippen LogP) is 1.48. The van der Waals surface area contributed by atoms with Gasteiger partial charge in [-0.2, -0.15) is 4.31 Å². The number of benzene rings is 1. The van der Waals surface area contributed by atoms with Gasteiger partial charge in [0.25, 0.3) is 0 Å². The molecule has 0 radical (unpaired) electrons. The lowest BCUT2D eigenvalue weighted by Crippen LogP contribution is -2.47. The normalized spacial score (nSPS) is 20.5. The van der Waals surface area contributed by atoms with E-state index in [4.69, 9.17) is 9.47 Å². The van der Waals surface area contributed by atoms with Crippen molar-refractivity contribution in [1.29, 1.82) is 0 Å². The summed E-state index contributed by atoms with van der Waals surface area (Å²) in [6, 6.07) is 3.98. The van der Waals surface area contributed by atoms with Crippen LogP contribution in [0.5, 0.6) is 11.5 Å². The Morgan fingerprint density at radius 1 is 1.20 bits per heavy atom. The minimum atomic E-state index is -3.77. The summed E-state index contributed by atoms with van der Waals surface area (Å²) < 4.78 is 38.4. The van der Waals surface area contributed by atoms with Gasteiger partial charge in [-0.1, -0.05) is 0 Å². The molecule has 1 fully saturated rings. The molecule has 25 heavy (non-hydrogen) atoms. The van der Waals surface area contributed by atoms with Crippen LogP contribution in [0.25, 0.3) is 0 Å². The first kappa shape index (κ1) is 18.0. The average Bonchev–Trinajstić information content (AvgIpc) is 3.13. The van der Waals surface area contributed by atoms with Crippen LogP contribution in [-0.4, -0.2) is 62.4 Å². The second kappa shape index (κ2) is 7.21. The first-order valence-electron chi connectivity index (χ1n) is 8.69. The quantitative estimate of drug-likeness (QED) is 0.787. The van der Waals surface area contributed by atoms with E-state index in [0.717, 1.165) is 0 Å². The maximum absolute atomic E-state index is 13.1. The standard InChI is InChI=1S/C17H24N2O5S/c1-3-18(4-2)17(20)14-6-5-9-19(14)25(21,22)13-7-8-15-16(12-13)24-11-10-23-15/h7-8,12,14H,3-6,9-11H2,1-2H3/t14-/m0/s1. The first-order chi connectivity index (χ1) is 12.0. The molecule has 7 nitrogen and oxygen atoms in total. The molecular formula is C17H24N2O5S. The monoisotopic (exact) mass is 368 g/mol. The van der Waals surface area contributed by atoms with Gasteiger partial charge < -0.3 is 14.4 Å². The Hall–Kier alpha value is -1.80. The molecule has 1 amide bonds. The van der Waals surface area contributed by atoms with Crippen LogP contribution in [0.15, 0.2) is 23.1 Å². The van der Waals surface area contributed by atoms with Gasteiger partial charge in [-0.3, -0.25) is 4.79 Å². The fourth-order valence-corrected chi connectivity index (χ4v) is 5.01. The van der Waals surface area contributed by atoms with Gasteiger partial charge in [-0.15, -0.1) is 0 Å². The minimum absolute atomic E-state index is 0.122. The van der Waals surface area contributed by atoms with E-state index in [1.165, 1.54) is 16.4 Å². The average molecular weight is 368 g/mol. The number of ether oxygens (including phenoxy) is 2. The van der Waals surface area contributed by atoms with Gasteiger partial charge in [0.05, 0.1) is 4.90 Å². The summed E-state index contributed by atoms with van der Waals surface area (Å²) in [5.41, 5.74) is 0. The van der Waals surface area contributed by atoms with Crippen LogP contribution in [0.2, 0.25) is 0 Å². The summed E-state index contributed by atoms with van der Waals surface area (Å²) >= 11 is 0. The molecule has 1 aromatic carbocycles. The largest absolute Gasteiger partial charge is 0.486 e. The highest BCUT2D eigenvalue weighted by atomic mass is 32.2. The van der Waals surface area contributed by atoms with E-state index in [1.54, 1.807) is 11.0 Å². The van der Waals surface area contributed by atoms with E-state index >= 15 is 0 Å². The third-order valence-electron chi connectivity index (χ3n) is 4.68. The van der Waals surface area contributed by atoms with Crippen molar-refractivity contribution in [3.8, 4) is 11.5 Å². The third kappa shape index (κ3) is 3.32. The van der Waals surface area contributed by atoms with Crippen LogP contribution in [0.1, 0.15) is 26.7 Å². The van der Waals surface area contributed by atoms with Crippen molar-refractivity contribution in [2.75, 3.05) is 32.8 Å². The minimum Gasteiger partial charge on any atom is -0.486 e. The number of nitrogens with zero attached hydrogens (tertiary/aromatic N) is 2. The summed E-state index contributed by atoms with van der Waals surface area (Å²) in [6.07, 6.45) is 1.24. The molecule has 2 heterocycles. The van der Waals surface area contributed by atoms with Crippen LogP contribution in [-0.2, 0) is 14.8 Å². The summed E-state index contributed by atoms with van der Waals surface area (Å²) in [5.74, 6) is 0.851. The molecule has 0 aliphatic carbocycles. The van der Waals surface area contributed by atoms with Gasteiger partial charge in [0.1, 0.15) is 19.3 Å². The van der Waals surface area contributed by atoms with Crippen molar-refractivity contribution in [2.24, 2.45) is 0 Å². The lowest BCUT2D eigenvalue weighted by molar-refractivity contribution is -0.134. The van der Waals surface area contributed by atoms with Crippen LogP contribution in [0.4, 0.5) is 0 Å². The van der Waals surface area contributed by atoms with Crippen molar-refractivity contribution in [3.05, 3.63) is 18.2 Å². The van der Waals surface area contributed by atoms with Crippen LogP contribution >= 0.6 is 0 Å². The van der Waals surface area contributed by atoms with Gasteiger partial charge in [0, 0.05) is 25.7 Å². The van der Waals surface area contributed by atoms with E-state index in [0.29, 0.717) is 57.2 Å². The molecule has 8 heteroatoms. The summed E-state index contributed by atoms with van der Waals surface area (Å²) in [6.45, 7) is 6.14. The Morgan fingerprint density at radius 2 is 1.88 bits per heavy atom. The maximum Gasteiger partial charge on any atom is 0.243 e. The number of fused-ring (bicyclic) bond motifs is 1. The zero-order chi connectivity index (χ0) is 18.0. The van der Waals surface area contributed by atoms with E-state index < -0.39 is 16.1 Å². The molecule has 0 unspecified atom stereocenters. The highest BCUT2D eigenvalue weighted by Gasteiger charge is 2.41. The van der Waals surface area contributed by atoms with E-state index in [-0.39, 0.29) is 10.8 Å². The fraction of sp³-hybridized carbons (Fsp3) is 0.588. The molecule has 2 aliphatic heterocycles. The van der Waals surface area contributed by atoms with Crippen LogP contribution in [0, 0.1) is 0 Å². The Bertz CT molecular complexity index is 745. The van der Waals surface area contributed by atoms with Gasteiger partial charge >= 0.3 is 0 Å². The number of rotatable bonds is 5. The van der Waals surface area contributed by atoms with E-state index in [1.807, 2.05) is 13.8 Å². The van der Waals surface area contributed by atoms with Crippen molar-refractivity contribution in [2.45, 2.75) is 37.6 Å². The molecular weight excluding hydrogens is 344 g/mol. The highest BCUT2D eigenvalue weighted by molar-refractivity contribution is 7.89. The van der Waals surface area contributed by atoms with Crippen LogP contribution < -0.4 is 9.47 Å². The third-order valence-corrected chi connectivity index (χ3v) is 6.59. The molecule has 0 aromatic heterocycles. The number of hydrogen-bond donors (Lipinski definition) is 0. The lowest BCUT2D eigenvalue weighted by Gasteiger charge is -2.28. The Balaban J connectivity index is 1.89. The SMILES string of the molecule is CCN(CC)C(=O)[C@@H]1CCCN1S(=O)(=O)c1ccc2c(c1)OCCO2. The second-order valence-corrected chi connectivity index (χ2v) is 7.98. The maximum atomic E-state index is 13.1. The van der Waals surface area contributed by atoms with E-state index in [9.17, 15) is 13.2 Å². The molecule has 0 bridgehead atoms. The van der Waals surface area contributed by atoms with Gasteiger partial charge in [0.15, 0.2) is 11.5 Å². The highest BCUT2D eigenvalue weighted by Crippen LogP contribution is 2.35. The van der Waals surface area contributed by atoms with Crippen molar-refractivity contribution in [3.63, 3.8) is 0 Å². The Labute approximate surface area is 148 Å². The summed E-state index contributed by atoms with van der Waals surface area (Å²) in [7, 11) is -3.77. The molecule has 138 valence electrons. The lowest BCUT2D eigenvalue weighted by atomic mass is 10.2. The van der Waals surface area contributed by atoms with Crippen molar-refractivity contribution in [1.82, 2.24) is 9.21 Å². The topological polar surface area (TPSA) is 76.2 Å². The molecule has 1 atom stereocenters. The number of carbonyl (C=O) groups is 1. The zero-order valence-corrected chi connectivity index (χ0v) is 15.4. The number of carbonyl (C=O) groups excluding carboxylic acids is 1. The number of amides is 1. The van der Waals surface area contributed by atoms with Crippen molar-refractivity contribution >= 4 is 15.9 Å². The predicted molar refractivity (Wildman–Crippen MR) is 92.3 cm³/mol. The molecule has 0 saturated carbocycles. The first-order valence-corrected chi connectivity index (χ1v) is 10.1. The summed E-state index contributed by atoms with van der Waals surface area (Å²) in [4.78, 5) is 14.5. The Morgan fingerprint density at radius 3 is 2.56 bits per heavy atom. The number of sulfonamides is 1. The smallest absolute Gasteiger partial charge is 0.243 e. The van der Waals surface area contributed by atoms with E-state index in [2.05, 4.69) is 0 Å². The Kier molecular flexibility index (Phi) is 5.19. The molecule has 1 aromatic rings. The molecule has 2 aliphatic rings. The fourth-order valence-electron chi connectivity index (χ4n) is 3.34. The van der Waals surface area contributed by atoms with Crippen molar-refractivity contribution < 1.29 is 22.7 Å². The molecule has 3 rings (SSSR count). The summed E-state index contributed by atoms with van der Waals surface area (Å²) in [5, 5.41) is 0. The second-order valence-electron chi connectivity index (χ2n) is 6.09. The number of hydrogen-bond acceptors (Lipinski definition) is 5. The molecule has 0 spiro atoms. The van der Waals surface area contributed by atoms with Gasteiger partial charge in [-0.05, 0) is 38.8 Å². The number of likely N-dealkylation sites (N-methyl/N-ethyl adjacent to an activating group) is 1. The zero-order valence-electron chi connectivity index (χ0n) is 14.6. The van der Waals surface area contributed by atoms with Gasteiger partial charge in [0.2, 0.25) is 15.9 Å². The van der Waals surface area contributed by atoms with Crippen LogP contribution in [0.3, 0.4) is 0 Å². The molecule has 1 saturated heterocycles. The molecule has 0 N–H and O–H groups in total. The van der Waals surface area contributed by atoms with Gasteiger partial charge in [-0.25, -0.2) is 8.42 Å².